The first-order valence-electron chi connectivity index (χ1n) is 5.12. The molecule has 1 N–H and O–H groups in total. The quantitative estimate of drug-likeness (QED) is 0.834. The Morgan fingerprint density at radius 1 is 1.47 bits per heavy atom. The molecule has 1 heterocycles. The topological polar surface area (TPSA) is 59.2 Å². The van der Waals surface area contributed by atoms with E-state index in [0.717, 1.165) is 0 Å². The van der Waals surface area contributed by atoms with Crippen molar-refractivity contribution in [3.05, 3.63) is 45.2 Å². The van der Waals surface area contributed by atoms with E-state index in [-0.39, 0.29) is 17.7 Å². The van der Waals surface area contributed by atoms with Crippen molar-refractivity contribution < 1.29 is 9.53 Å². The fourth-order valence-electron chi connectivity index (χ4n) is 1.55. The summed E-state index contributed by atoms with van der Waals surface area (Å²) in [5.41, 5.74) is 0.298. The molecule has 0 bridgehead atoms. The number of benzene rings is 1. The van der Waals surface area contributed by atoms with Gasteiger partial charge in [0, 0.05) is 11.5 Å². The zero-order valence-electron chi connectivity index (χ0n) is 9.12. The number of nitrogens with one attached hydrogen (secondary N) is 1. The van der Waals surface area contributed by atoms with Crippen LogP contribution in [0.3, 0.4) is 0 Å². The zero-order valence-corrected chi connectivity index (χ0v) is 9.88. The molecule has 4 nitrogen and oxygen atoms in total. The van der Waals surface area contributed by atoms with Crippen LogP contribution in [0.2, 0.25) is 5.02 Å². The maximum absolute atomic E-state index is 11.8. The third kappa shape index (κ3) is 2.17. The molecule has 5 heteroatoms. The lowest BCUT2D eigenvalue weighted by atomic mass is 10.2. The van der Waals surface area contributed by atoms with Crippen LogP contribution in [0.25, 0.3) is 10.9 Å². The predicted molar refractivity (Wildman–Crippen MR) is 65.5 cm³/mol. The molecule has 0 unspecified atom stereocenters. The van der Waals surface area contributed by atoms with Crippen LogP contribution >= 0.6 is 11.6 Å². The van der Waals surface area contributed by atoms with Crippen LogP contribution in [0.5, 0.6) is 0 Å². The summed E-state index contributed by atoms with van der Waals surface area (Å²) in [6.07, 6.45) is 0. The van der Waals surface area contributed by atoms with Gasteiger partial charge in [0.15, 0.2) is 5.43 Å². The maximum atomic E-state index is 11.8. The molecule has 2 aromatic rings. The van der Waals surface area contributed by atoms with Crippen molar-refractivity contribution in [3.8, 4) is 0 Å². The number of carbonyl (C=O) groups excluding carboxylic acids is 1. The van der Waals surface area contributed by atoms with Gasteiger partial charge in [-0.05, 0) is 19.1 Å². The van der Waals surface area contributed by atoms with E-state index in [4.69, 9.17) is 16.3 Å². The molecule has 0 atom stereocenters. The number of fused-ring (bicyclic) bond motifs is 1. The van der Waals surface area contributed by atoms with E-state index in [9.17, 15) is 9.59 Å². The Hall–Kier alpha value is -1.81. The van der Waals surface area contributed by atoms with E-state index in [0.29, 0.717) is 15.9 Å². The summed E-state index contributed by atoms with van der Waals surface area (Å²) in [7, 11) is 0. The molecule has 0 fully saturated rings. The van der Waals surface area contributed by atoms with Gasteiger partial charge in [-0.15, -0.1) is 0 Å². The van der Waals surface area contributed by atoms with E-state index >= 15 is 0 Å². The van der Waals surface area contributed by atoms with E-state index in [1.165, 1.54) is 6.07 Å². The second kappa shape index (κ2) is 4.59. The van der Waals surface area contributed by atoms with E-state index in [2.05, 4.69) is 4.98 Å². The van der Waals surface area contributed by atoms with Crippen molar-refractivity contribution in [3.63, 3.8) is 0 Å². The Bertz CT molecular complexity index is 633. The van der Waals surface area contributed by atoms with Gasteiger partial charge >= 0.3 is 5.97 Å². The Morgan fingerprint density at radius 2 is 2.24 bits per heavy atom. The van der Waals surface area contributed by atoms with Gasteiger partial charge in [0.2, 0.25) is 0 Å². The number of esters is 1. The van der Waals surface area contributed by atoms with Crippen LogP contribution in [0.1, 0.15) is 17.4 Å². The van der Waals surface area contributed by atoms with E-state index in [1.807, 2.05) is 0 Å². The number of pyridine rings is 1. The van der Waals surface area contributed by atoms with Gasteiger partial charge in [-0.3, -0.25) is 4.79 Å². The van der Waals surface area contributed by atoms with Crippen molar-refractivity contribution in [2.45, 2.75) is 6.92 Å². The fourth-order valence-corrected chi connectivity index (χ4v) is 1.78. The summed E-state index contributed by atoms with van der Waals surface area (Å²) in [6, 6.07) is 6.20. The molecular formula is C12H10ClNO3. The molecule has 0 aliphatic rings. The molecule has 0 spiro atoms. The molecular weight excluding hydrogens is 242 g/mol. The third-order valence-corrected chi connectivity index (χ3v) is 2.62. The minimum Gasteiger partial charge on any atom is -0.461 e. The molecule has 2 rings (SSSR count). The number of hydrogen-bond acceptors (Lipinski definition) is 3. The zero-order chi connectivity index (χ0) is 12.4. The van der Waals surface area contributed by atoms with Gasteiger partial charge in [-0.25, -0.2) is 4.79 Å². The lowest BCUT2D eigenvalue weighted by Crippen LogP contribution is -2.12. The first-order chi connectivity index (χ1) is 8.13. The standard InChI is InChI=1S/C12H10ClNO3/c1-2-17-12(16)9-6-10(15)7-4-3-5-8(13)11(7)14-9/h3-6H,2H2,1H3,(H,14,15). The van der Waals surface area contributed by atoms with Gasteiger partial charge in [0.05, 0.1) is 17.1 Å². The summed E-state index contributed by atoms with van der Waals surface area (Å²) in [6.45, 7) is 1.95. The number of H-pyrrole nitrogens is 1. The van der Waals surface area contributed by atoms with Gasteiger partial charge < -0.3 is 9.72 Å². The molecule has 1 aromatic heterocycles. The second-order valence-corrected chi connectivity index (χ2v) is 3.84. The summed E-state index contributed by atoms with van der Waals surface area (Å²) < 4.78 is 4.82. The molecule has 0 radical (unpaired) electrons. The number of ether oxygens (including phenoxy) is 1. The fraction of sp³-hybridized carbons (Fsp3) is 0.167. The maximum Gasteiger partial charge on any atom is 0.354 e. The third-order valence-electron chi connectivity index (χ3n) is 2.31. The highest BCUT2D eigenvalue weighted by Crippen LogP contribution is 2.19. The number of carbonyl (C=O) groups is 1. The number of halogens is 1. The van der Waals surface area contributed by atoms with Crippen molar-refractivity contribution >= 4 is 28.5 Å². The average molecular weight is 252 g/mol. The highest BCUT2D eigenvalue weighted by molar-refractivity contribution is 6.35. The molecule has 0 aliphatic carbocycles. The lowest BCUT2D eigenvalue weighted by molar-refractivity contribution is 0.0520. The van der Waals surface area contributed by atoms with Crippen LogP contribution in [0, 0.1) is 0 Å². The normalized spacial score (nSPS) is 10.5. The minimum atomic E-state index is -0.564. The monoisotopic (exact) mass is 251 g/mol. The summed E-state index contributed by atoms with van der Waals surface area (Å²) in [5, 5.41) is 0.844. The highest BCUT2D eigenvalue weighted by Gasteiger charge is 2.11. The minimum absolute atomic E-state index is 0.109. The number of aromatic nitrogens is 1. The molecule has 88 valence electrons. The number of rotatable bonds is 2. The summed E-state index contributed by atoms with van der Waals surface area (Å²) >= 11 is 5.96. The van der Waals surface area contributed by atoms with E-state index < -0.39 is 5.97 Å². The van der Waals surface area contributed by atoms with E-state index in [1.54, 1.807) is 25.1 Å². The largest absolute Gasteiger partial charge is 0.461 e. The lowest BCUT2D eigenvalue weighted by Gasteiger charge is -2.04. The predicted octanol–water partition coefficient (Wildman–Crippen LogP) is 2.36. The molecule has 0 amide bonds. The highest BCUT2D eigenvalue weighted by atomic mass is 35.5. The van der Waals surface area contributed by atoms with Crippen LogP contribution in [-0.2, 0) is 4.74 Å². The molecule has 17 heavy (non-hydrogen) atoms. The Balaban J connectivity index is 2.66. The smallest absolute Gasteiger partial charge is 0.354 e. The SMILES string of the molecule is CCOC(=O)c1cc(=O)c2cccc(Cl)c2[nH]1. The van der Waals surface area contributed by atoms with Gasteiger partial charge in [0.1, 0.15) is 5.69 Å². The van der Waals surface area contributed by atoms with Crippen molar-refractivity contribution in [2.75, 3.05) is 6.61 Å². The summed E-state index contributed by atoms with van der Waals surface area (Å²) in [5.74, 6) is -0.564. The van der Waals surface area contributed by atoms with Crippen molar-refractivity contribution in [1.29, 1.82) is 0 Å². The number of aromatic amines is 1. The second-order valence-electron chi connectivity index (χ2n) is 3.43. The average Bonchev–Trinajstić information content (AvgIpc) is 2.30. The van der Waals surface area contributed by atoms with Crippen LogP contribution in [-0.4, -0.2) is 17.6 Å². The van der Waals surface area contributed by atoms with Crippen molar-refractivity contribution in [1.82, 2.24) is 4.98 Å². The molecule has 0 saturated heterocycles. The van der Waals surface area contributed by atoms with Gasteiger partial charge in [-0.2, -0.15) is 0 Å². The Labute approximate surface area is 102 Å². The molecule has 0 aliphatic heterocycles. The molecule has 1 aromatic carbocycles. The first-order valence-corrected chi connectivity index (χ1v) is 5.50. The van der Waals surface area contributed by atoms with Crippen molar-refractivity contribution in [2.24, 2.45) is 0 Å². The van der Waals surface area contributed by atoms with Crippen LogP contribution in [0.4, 0.5) is 0 Å². The Kier molecular flexibility index (Phi) is 3.15. The molecule has 0 saturated carbocycles. The van der Waals surface area contributed by atoms with Crippen LogP contribution < -0.4 is 5.43 Å². The number of para-hydroxylation sites is 1. The number of hydrogen-bond donors (Lipinski definition) is 1. The van der Waals surface area contributed by atoms with Crippen LogP contribution in [0.15, 0.2) is 29.1 Å². The van der Waals surface area contributed by atoms with Gasteiger partial charge in [-0.1, -0.05) is 17.7 Å². The summed E-state index contributed by atoms with van der Waals surface area (Å²) in [4.78, 5) is 26.1. The Morgan fingerprint density at radius 3 is 2.94 bits per heavy atom. The first kappa shape index (κ1) is 11.7. The van der Waals surface area contributed by atoms with Gasteiger partial charge in [0.25, 0.3) is 0 Å².